The fraction of sp³-hybridized carbons (Fsp3) is 0.538. The quantitative estimate of drug-likeness (QED) is 0.798. The van der Waals surface area contributed by atoms with E-state index < -0.39 is 0 Å². The number of hydrogen-bond acceptors (Lipinski definition) is 3. The monoisotopic (exact) mass is 254 g/mol. The first-order valence-electron chi connectivity index (χ1n) is 6.15. The number of hydrogen-bond donors (Lipinski definition) is 2. The minimum Gasteiger partial charge on any atom is -0.397 e. The summed E-state index contributed by atoms with van der Waals surface area (Å²) in [7, 11) is 0. The van der Waals surface area contributed by atoms with Gasteiger partial charge in [-0.2, -0.15) is 0 Å². The van der Waals surface area contributed by atoms with Crippen LogP contribution in [0.5, 0.6) is 0 Å². The van der Waals surface area contributed by atoms with Crippen molar-refractivity contribution in [2.24, 2.45) is 0 Å². The first-order chi connectivity index (χ1) is 8.24. The Morgan fingerprint density at radius 2 is 2.18 bits per heavy atom. The van der Waals surface area contributed by atoms with Gasteiger partial charge in [0.25, 0.3) is 0 Å². The third kappa shape index (κ3) is 2.67. The van der Waals surface area contributed by atoms with Crippen LogP contribution in [0, 0.1) is 0 Å². The van der Waals surface area contributed by atoms with Gasteiger partial charge >= 0.3 is 0 Å². The van der Waals surface area contributed by atoms with Crippen molar-refractivity contribution < 1.29 is 5.11 Å². The highest BCUT2D eigenvalue weighted by atomic mass is 35.5. The molecule has 1 heterocycles. The van der Waals surface area contributed by atoms with Crippen molar-refractivity contribution in [1.82, 2.24) is 0 Å². The fourth-order valence-electron chi connectivity index (χ4n) is 2.50. The zero-order chi connectivity index (χ0) is 12.3. The molecule has 0 amide bonds. The van der Waals surface area contributed by atoms with E-state index in [1.165, 1.54) is 6.42 Å². The predicted molar refractivity (Wildman–Crippen MR) is 72.6 cm³/mol. The lowest BCUT2D eigenvalue weighted by atomic mass is 10.1. The van der Waals surface area contributed by atoms with Crippen LogP contribution in [0.3, 0.4) is 0 Å². The zero-order valence-electron chi connectivity index (χ0n) is 9.90. The lowest BCUT2D eigenvalue weighted by molar-refractivity contribution is 0.255. The molecular weight excluding hydrogens is 236 g/mol. The molecule has 0 radical (unpaired) electrons. The molecule has 3 N–H and O–H groups in total. The summed E-state index contributed by atoms with van der Waals surface area (Å²) in [5, 5.41) is 10.2. The highest BCUT2D eigenvalue weighted by Gasteiger charge is 2.23. The molecule has 2 rings (SSSR count). The number of halogens is 1. The smallest absolute Gasteiger partial charge is 0.0792 e. The molecule has 1 aliphatic rings. The molecule has 3 nitrogen and oxygen atoms in total. The minimum atomic E-state index is 0.139. The predicted octanol–water partition coefficient (Wildman–Crippen LogP) is 2.66. The maximum atomic E-state index is 9.50. The van der Waals surface area contributed by atoms with Crippen LogP contribution in [-0.2, 0) is 0 Å². The van der Waals surface area contributed by atoms with Gasteiger partial charge in [0, 0.05) is 6.54 Å². The SMILES string of the molecule is Nc1cccc(Cl)c1N1CCCCCC1CO. The van der Waals surface area contributed by atoms with Crippen molar-refractivity contribution in [1.29, 1.82) is 0 Å². The third-order valence-corrected chi connectivity index (χ3v) is 3.70. The van der Waals surface area contributed by atoms with Crippen molar-refractivity contribution in [2.75, 3.05) is 23.8 Å². The van der Waals surface area contributed by atoms with E-state index in [1.54, 1.807) is 0 Å². The summed E-state index contributed by atoms with van der Waals surface area (Å²) >= 11 is 6.24. The summed E-state index contributed by atoms with van der Waals surface area (Å²) in [6, 6.07) is 5.71. The van der Waals surface area contributed by atoms with Crippen LogP contribution in [0.1, 0.15) is 25.7 Å². The summed E-state index contributed by atoms with van der Waals surface area (Å²) in [5.41, 5.74) is 7.59. The number of benzene rings is 1. The van der Waals surface area contributed by atoms with Crippen LogP contribution < -0.4 is 10.6 Å². The Morgan fingerprint density at radius 1 is 1.35 bits per heavy atom. The Labute approximate surface area is 107 Å². The standard InChI is InChI=1S/C13H19ClN2O/c14-11-6-4-7-12(15)13(11)16-8-3-1-2-5-10(16)9-17/h4,6-7,10,17H,1-3,5,8-9,15H2. The summed E-state index contributed by atoms with van der Waals surface area (Å²) in [6.45, 7) is 1.07. The Hall–Kier alpha value is -0.930. The number of nitrogens with two attached hydrogens (primary N) is 1. The van der Waals surface area contributed by atoms with E-state index in [9.17, 15) is 5.11 Å². The molecule has 0 aromatic heterocycles. The lowest BCUT2D eigenvalue weighted by Gasteiger charge is -2.32. The molecule has 94 valence electrons. The number of aliphatic hydroxyl groups is 1. The van der Waals surface area contributed by atoms with Crippen molar-refractivity contribution >= 4 is 23.0 Å². The fourth-order valence-corrected chi connectivity index (χ4v) is 2.79. The van der Waals surface area contributed by atoms with E-state index in [-0.39, 0.29) is 12.6 Å². The molecule has 1 saturated heterocycles. The second kappa shape index (κ2) is 5.61. The first kappa shape index (κ1) is 12.5. The summed E-state index contributed by atoms with van der Waals surface area (Å²) in [6.07, 6.45) is 4.49. The average Bonchev–Trinajstić information content (AvgIpc) is 2.54. The van der Waals surface area contributed by atoms with Crippen LogP contribution >= 0.6 is 11.6 Å². The molecule has 1 aromatic carbocycles. The number of para-hydroxylation sites is 1. The number of aliphatic hydroxyl groups excluding tert-OH is 1. The van der Waals surface area contributed by atoms with Gasteiger partial charge in [-0.05, 0) is 25.0 Å². The molecule has 0 bridgehead atoms. The van der Waals surface area contributed by atoms with Gasteiger partial charge in [0.15, 0.2) is 0 Å². The number of nitrogens with zero attached hydrogens (tertiary/aromatic N) is 1. The number of anilines is 2. The van der Waals surface area contributed by atoms with E-state index in [1.807, 2.05) is 18.2 Å². The van der Waals surface area contributed by atoms with Crippen LogP contribution in [0.15, 0.2) is 18.2 Å². The van der Waals surface area contributed by atoms with Gasteiger partial charge in [0.2, 0.25) is 0 Å². The van der Waals surface area contributed by atoms with Crippen LogP contribution in [0.4, 0.5) is 11.4 Å². The van der Waals surface area contributed by atoms with E-state index in [2.05, 4.69) is 4.90 Å². The van der Waals surface area contributed by atoms with Crippen molar-refractivity contribution in [3.8, 4) is 0 Å². The minimum absolute atomic E-state index is 0.139. The second-order valence-electron chi connectivity index (χ2n) is 4.56. The van der Waals surface area contributed by atoms with Gasteiger partial charge in [0.1, 0.15) is 0 Å². The topological polar surface area (TPSA) is 49.5 Å². The molecule has 0 aliphatic carbocycles. The Bertz CT molecular complexity index is 363. The molecule has 1 aromatic rings. The maximum Gasteiger partial charge on any atom is 0.0792 e. The van der Waals surface area contributed by atoms with Gasteiger partial charge in [-0.3, -0.25) is 0 Å². The summed E-state index contributed by atoms with van der Waals surface area (Å²) in [5.74, 6) is 0. The van der Waals surface area contributed by atoms with Gasteiger partial charge in [-0.15, -0.1) is 0 Å². The van der Waals surface area contributed by atoms with Crippen molar-refractivity contribution in [3.05, 3.63) is 23.2 Å². The Morgan fingerprint density at radius 3 is 2.88 bits per heavy atom. The first-order valence-corrected chi connectivity index (χ1v) is 6.53. The molecule has 4 heteroatoms. The summed E-state index contributed by atoms with van der Waals surface area (Å²) < 4.78 is 0. The lowest BCUT2D eigenvalue weighted by Crippen LogP contribution is -2.38. The molecule has 1 unspecified atom stereocenters. The van der Waals surface area contributed by atoms with Crippen molar-refractivity contribution in [3.63, 3.8) is 0 Å². The van der Waals surface area contributed by atoms with E-state index in [4.69, 9.17) is 17.3 Å². The molecule has 0 saturated carbocycles. The van der Waals surface area contributed by atoms with Crippen LogP contribution in [0.25, 0.3) is 0 Å². The Kier molecular flexibility index (Phi) is 4.13. The van der Waals surface area contributed by atoms with E-state index in [0.717, 1.165) is 31.5 Å². The number of rotatable bonds is 2. The molecule has 17 heavy (non-hydrogen) atoms. The largest absolute Gasteiger partial charge is 0.397 e. The van der Waals surface area contributed by atoms with Crippen LogP contribution in [0.2, 0.25) is 5.02 Å². The molecule has 1 atom stereocenters. The van der Waals surface area contributed by atoms with Crippen LogP contribution in [-0.4, -0.2) is 24.3 Å². The molecular formula is C13H19ClN2O. The molecule has 1 aliphatic heterocycles. The zero-order valence-corrected chi connectivity index (χ0v) is 10.7. The van der Waals surface area contributed by atoms with Gasteiger partial charge in [-0.25, -0.2) is 0 Å². The summed E-state index contributed by atoms with van der Waals surface area (Å²) in [4.78, 5) is 2.17. The normalized spacial score (nSPS) is 21.3. The maximum absolute atomic E-state index is 9.50. The highest BCUT2D eigenvalue weighted by Crippen LogP contribution is 2.35. The molecule has 0 spiro atoms. The number of nitrogen functional groups attached to an aromatic ring is 1. The Balaban J connectivity index is 2.34. The van der Waals surface area contributed by atoms with Gasteiger partial charge in [0.05, 0.1) is 29.0 Å². The second-order valence-corrected chi connectivity index (χ2v) is 4.96. The van der Waals surface area contributed by atoms with E-state index in [0.29, 0.717) is 10.7 Å². The van der Waals surface area contributed by atoms with Crippen molar-refractivity contribution in [2.45, 2.75) is 31.7 Å². The van der Waals surface area contributed by atoms with E-state index >= 15 is 0 Å². The third-order valence-electron chi connectivity index (χ3n) is 3.39. The molecule has 1 fully saturated rings. The highest BCUT2D eigenvalue weighted by molar-refractivity contribution is 6.34. The average molecular weight is 255 g/mol. The van der Waals surface area contributed by atoms with Gasteiger partial charge in [-0.1, -0.05) is 30.5 Å². The van der Waals surface area contributed by atoms with Gasteiger partial charge < -0.3 is 15.7 Å².